The molecule has 0 bridgehead atoms. The van der Waals surface area contributed by atoms with E-state index >= 15 is 0 Å². The fourth-order valence-corrected chi connectivity index (χ4v) is 6.45. The molecule has 2 aromatic rings. The Morgan fingerprint density at radius 3 is 2.56 bits per heavy atom. The average molecular weight is 496 g/mol. The zero-order valence-corrected chi connectivity index (χ0v) is 20.3. The van der Waals surface area contributed by atoms with Crippen LogP contribution in [-0.2, 0) is 18.0 Å². The number of hydrogen-bond donors (Lipinski definition) is 0. The second-order valence-electron chi connectivity index (χ2n) is 9.60. The van der Waals surface area contributed by atoms with Crippen LogP contribution in [0.4, 0.5) is 18.9 Å². The summed E-state index contributed by atoms with van der Waals surface area (Å²) in [4.78, 5) is 4.81. The summed E-state index contributed by atoms with van der Waals surface area (Å²) in [5, 5.41) is 9.84. The fourth-order valence-electron chi connectivity index (χ4n) is 5.61. The maximum absolute atomic E-state index is 12.9. The number of nitrogens with zero attached hydrogens (tertiary/aromatic N) is 5. The molecule has 3 aliphatic heterocycles. The zero-order chi connectivity index (χ0) is 23.7. The average Bonchev–Trinajstić information content (AvgIpc) is 3.51. The smallest absolute Gasteiger partial charge is 0.381 e. The van der Waals surface area contributed by atoms with Crippen molar-refractivity contribution in [2.45, 2.75) is 49.0 Å². The summed E-state index contributed by atoms with van der Waals surface area (Å²) in [6.45, 7) is 5.61. The van der Waals surface area contributed by atoms with E-state index in [1.165, 1.54) is 12.1 Å². The number of halogens is 3. The number of likely N-dealkylation sites (tertiary alicyclic amines) is 1. The van der Waals surface area contributed by atoms with Crippen molar-refractivity contribution in [3.05, 3.63) is 35.7 Å². The van der Waals surface area contributed by atoms with E-state index in [1.54, 1.807) is 23.9 Å². The molecule has 3 fully saturated rings. The van der Waals surface area contributed by atoms with Crippen molar-refractivity contribution in [3.8, 4) is 0 Å². The van der Waals surface area contributed by atoms with Crippen molar-refractivity contribution in [2.24, 2.45) is 13.0 Å². The standard InChI is InChI=1S/C24H32F3N5OS/c1-30-22(17-8-12-33-13-9-17)28-29-23(30)34-14-2-10-31-15-18-7-11-32(21(18)16-31)20-5-3-19(4-6-20)24(25,26)27/h3-6,17-18,21H,2,7-16H2,1H3/t18-,21+/m1/s1. The van der Waals surface area contributed by atoms with E-state index in [9.17, 15) is 13.2 Å². The number of alkyl halides is 3. The van der Waals surface area contributed by atoms with Gasteiger partial charge in [0.2, 0.25) is 0 Å². The Morgan fingerprint density at radius 1 is 1.06 bits per heavy atom. The van der Waals surface area contributed by atoms with Crippen LogP contribution in [0.5, 0.6) is 0 Å². The summed E-state index contributed by atoms with van der Waals surface area (Å²) in [5.41, 5.74) is 0.320. The predicted molar refractivity (Wildman–Crippen MR) is 126 cm³/mol. The van der Waals surface area contributed by atoms with E-state index in [0.29, 0.717) is 17.9 Å². The molecule has 10 heteroatoms. The van der Waals surface area contributed by atoms with Gasteiger partial charge in [-0.15, -0.1) is 10.2 Å². The number of thioether (sulfide) groups is 1. The van der Waals surface area contributed by atoms with Gasteiger partial charge in [0.15, 0.2) is 5.16 Å². The number of fused-ring (bicyclic) bond motifs is 1. The van der Waals surface area contributed by atoms with Crippen molar-refractivity contribution in [2.75, 3.05) is 50.0 Å². The van der Waals surface area contributed by atoms with Gasteiger partial charge in [-0.25, -0.2) is 0 Å². The molecule has 3 saturated heterocycles. The van der Waals surface area contributed by atoms with Crippen LogP contribution >= 0.6 is 11.8 Å². The number of ether oxygens (including phenoxy) is 1. The Morgan fingerprint density at radius 2 is 1.82 bits per heavy atom. The van der Waals surface area contributed by atoms with Gasteiger partial charge in [-0.05, 0) is 62.4 Å². The third-order valence-electron chi connectivity index (χ3n) is 7.45. The first kappa shape index (κ1) is 23.9. The van der Waals surface area contributed by atoms with Crippen LogP contribution in [0.2, 0.25) is 0 Å². The molecule has 4 heterocycles. The molecular weight excluding hydrogens is 463 g/mol. The molecular formula is C24H32F3N5OS. The third-order valence-corrected chi connectivity index (χ3v) is 8.56. The Kier molecular flexibility index (Phi) is 7.09. The highest BCUT2D eigenvalue weighted by atomic mass is 32.2. The van der Waals surface area contributed by atoms with E-state index in [0.717, 1.165) is 87.5 Å². The van der Waals surface area contributed by atoms with Crippen molar-refractivity contribution in [3.63, 3.8) is 0 Å². The van der Waals surface area contributed by atoms with Crippen LogP contribution in [0, 0.1) is 5.92 Å². The molecule has 0 radical (unpaired) electrons. The van der Waals surface area contributed by atoms with E-state index in [-0.39, 0.29) is 0 Å². The van der Waals surface area contributed by atoms with E-state index in [1.807, 2.05) is 0 Å². The minimum atomic E-state index is -4.29. The lowest BCUT2D eigenvalue weighted by molar-refractivity contribution is -0.137. The minimum Gasteiger partial charge on any atom is -0.381 e. The van der Waals surface area contributed by atoms with Gasteiger partial charge in [0, 0.05) is 63.3 Å². The number of hydrogen-bond acceptors (Lipinski definition) is 6. The summed E-state index contributed by atoms with van der Waals surface area (Å²) in [6, 6.07) is 6.05. The van der Waals surface area contributed by atoms with Crippen LogP contribution < -0.4 is 4.90 Å². The van der Waals surface area contributed by atoms with E-state index in [2.05, 4.69) is 31.6 Å². The SMILES string of the molecule is Cn1c(SCCCN2C[C@H]3CCN(c4ccc(C(F)(F)F)cc4)[C@H]3C2)nnc1C1CCOCC1. The lowest BCUT2D eigenvalue weighted by Crippen LogP contribution is -2.35. The van der Waals surface area contributed by atoms with Crippen molar-refractivity contribution in [1.29, 1.82) is 0 Å². The molecule has 0 spiro atoms. The first-order chi connectivity index (χ1) is 16.4. The molecule has 34 heavy (non-hydrogen) atoms. The van der Waals surface area contributed by atoms with Crippen molar-refractivity contribution >= 4 is 17.4 Å². The number of benzene rings is 1. The molecule has 186 valence electrons. The second-order valence-corrected chi connectivity index (χ2v) is 10.7. The third kappa shape index (κ3) is 5.09. The van der Waals surface area contributed by atoms with Crippen LogP contribution in [0.25, 0.3) is 0 Å². The van der Waals surface area contributed by atoms with E-state index < -0.39 is 11.7 Å². The lowest BCUT2D eigenvalue weighted by Gasteiger charge is -2.27. The van der Waals surface area contributed by atoms with Crippen LogP contribution in [0.3, 0.4) is 0 Å². The molecule has 0 N–H and O–H groups in total. The van der Waals surface area contributed by atoms with Crippen LogP contribution in [-0.4, -0.2) is 70.9 Å². The number of aromatic nitrogens is 3. The zero-order valence-electron chi connectivity index (χ0n) is 19.5. The molecule has 6 nitrogen and oxygen atoms in total. The van der Waals surface area contributed by atoms with Gasteiger partial charge in [0.1, 0.15) is 5.82 Å². The predicted octanol–water partition coefficient (Wildman–Crippen LogP) is 4.42. The molecule has 2 atom stereocenters. The topological polar surface area (TPSA) is 46.4 Å². The second kappa shape index (κ2) is 10.1. The normalized spacial score (nSPS) is 24.2. The molecule has 0 amide bonds. The highest BCUT2D eigenvalue weighted by molar-refractivity contribution is 7.99. The van der Waals surface area contributed by atoms with Gasteiger partial charge in [0.05, 0.1) is 5.56 Å². The summed E-state index contributed by atoms with van der Waals surface area (Å²) in [5.74, 6) is 3.10. The largest absolute Gasteiger partial charge is 0.416 e. The van der Waals surface area contributed by atoms with Gasteiger partial charge in [-0.1, -0.05) is 11.8 Å². The first-order valence-corrected chi connectivity index (χ1v) is 13.1. The van der Waals surface area contributed by atoms with Gasteiger partial charge >= 0.3 is 6.18 Å². The lowest BCUT2D eigenvalue weighted by atomic mass is 10.00. The monoisotopic (exact) mass is 495 g/mol. The highest BCUT2D eigenvalue weighted by Crippen LogP contribution is 2.37. The Balaban J connectivity index is 1.09. The molecule has 5 rings (SSSR count). The molecule has 1 aromatic heterocycles. The molecule has 3 aliphatic rings. The van der Waals surface area contributed by atoms with Crippen LogP contribution in [0.15, 0.2) is 29.4 Å². The van der Waals surface area contributed by atoms with Crippen LogP contribution in [0.1, 0.15) is 43.0 Å². The van der Waals surface area contributed by atoms with Gasteiger partial charge < -0.3 is 19.1 Å². The highest BCUT2D eigenvalue weighted by Gasteiger charge is 2.41. The summed E-state index contributed by atoms with van der Waals surface area (Å²) in [7, 11) is 2.06. The summed E-state index contributed by atoms with van der Waals surface area (Å²) in [6.07, 6.45) is -0.0881. The maximum atomic E-state index is 12.9. The van der Waals surface area contributed by atoms with Crippen molar-refractivity contribution in [1.82, 2.24) is 19.7 Å². The quantitative estimate of drug-likeness (QED) is 0.419. The van der Waals surface area contributed by atoms with Gasteiger partial charge in [-0.3, -0.25) is 0 Å². The Labute approximate surface area is 202 Å². The first-order valence-electron chi connectivity index (χ1n) is 12.2. The summed E-state index contributed by atoms with van der Waals surface area (Å²) < 4.78 is 46.3. The molecule has 0 unspecified atom stereocenters. The molecule has 0 saturated carbocycles. The molecule has 0 aliphatic carbocycles. The Bertz CT molecular complexity index is 961. The minimum absolute atomic E-state index is 0.394. The maximum Gasteiger partial charge on any atom is 0.416 e. The van der Waals surface area contributed by atoms with Gasteiger partial charge in [0.25, 0.3) is 0 Å². The summed E-state index contributed by atoms with van der Waals surface area (Å²) >= 11 is 1.77. The van der Waals surface area contributed by atoms with E-state index in [4.69, 9.17) is 4.74 Å². The van der Waals surface area contributed by atoms with Crippen molar-refractivity contribution < 1.29 is 17.9 Å². The molecule has 1 aromatic carbocycles. The number of anilines is 1. The Hall–Kier alpha value is -1.78. The fraction of sp³-hybridized carbons (Fsp3) is 0.667. The number of rotatable bonds is 7. The van der Waals surface area contributed by atoms with Gasteiger partial charge in [-0.2, -0.15) is 13.2 Å².